The van der Waals surface area contributed by atoms with Crippen LogP contribution in [0.3, 0.4) is 0 Å². The summed E-state index contributed by atoms with van der Waals surface area (Å²) in [5, 5.41) is 12.6. The van der Waals surface area contributed by atoms with Crippen molar-refractivity contribution in [1.82, 2.24) is 0 Å². The third-order valence-electron chi connectivity index (χ3n) is 3.86. The summed E-state index contributed by atoms with van der Waals surface area (Å²) in [6.45, 7) is 0. The van der Waals surface area contributed by atoms with Crippen LogP contribution in [-0.2, 0) is 12.8 Å². The smallest absolute Gasteiger partial charge is 0.406 e. The van der Waals surface area contributed by atoms with Gasteiger partial charge in [0, 0.05) is 10.4 Å². The van der Waals surface area contributed by atoms with E-state index in [9.17, 15) is 23.2 Å². The number of anilines is 1. The summed E-state index contributed by atoms with van der Waals surface area (Å²) < 4.78 is 40.2. The lowest BCUT2D eigenvalue weighted by Crippen LogP contribution is -2.17. The number of nitrogens with one attached hydrogen (secondary N) is 1. The number of amides is 1. The number of halogens is 3. The third-order valence-corrected chi connectivity index (χ3v) is 5.07. The zero-order valence-corrected chi connectivity index (χ0v) is 13.8. The Morgan fingerprint density at radius 1 is 1.20 bits per heavy atom. The number of carbonyl (C=O) groups is 1. The quantitative estimate of drug-likeness (QED) is 0.860. The molecule has 0 saturated heterocycles. The molecule has 0 fully saturated rings. The van der Waals surface area contributed by atoms with Gasteiger partial charge in [-0.25, -0.2) is 0 Å². The van der Waals surface area contributed by atoms with Crippen LogP contribution in [0.5, 0.6) is 5.75 Å². The van der Waals surface area contributed by atoms with Gasteiger partial charge in [-0.2, -0.15) is 5.26 Å². The Balaban J connectivity index is 1.77. The number of ether oxygens (including phenoxy) is 1. The molecule has 0 aliphatic heterocycles. The highest BCUT2D eigenvalue weighted by molar-refractivity contribution is 7.16. The Labute approximate surface area is 145 Å². The molecule has 1 aliphatic rings. The molecule has 0 saturated carbocycles. The predicted octanol–water partition coefficient (Wildman–Crippen LogP) is 4.65. The molecule has 8 heteroatoms. The van der Waals surface area contributed by atoms with Crippen LogP contribution >= 0.6 is 11.3 Å². The largest absolute Gasteiger partial charge is 0.573 e. The number of hydrogen-bond donors (Lipinski definition) is 1. The van der Waals surface area contributed by atoms with Crippen LogP contribution in [0, 0.1) is 11.3 Å². The van der Waals surface area contributed by atoms with E-state index in [4.69, 9.17) is 0 Å². The van der Waals surface area contributed by atoms with Crippen molar-refractivity contribution in [3.63, 3.8) is 0 Å². The van der Waals surface area contributed by atoms with Crippen molar-refractivity contribution in [2.24, 2.45) is 0 Å². The van der Waals surface area contributed by atoms with E-state index in [0.29, 0.717) is 10.6 Å². The number of nitrogens with zero attached hydrogens (tertiary/aromatic N) is 1. The van der Waals surface area contributed by atoms with Gasteiger partial charge in [-0.3, -0.25) is 4.79 Å². The van der Waals surface area contributed by atoms with Crippen LogP contribution in [0.15, 0.2) is 24.3 Å². The van der Waals surface area contributed by atoms with Gasteiger partial charge in [0.2, 0.25) is 0 Å². The fraction of sp³-hybridized carbons (Fsp3) is 0.294. The standard InChI is InChI=1S/C17H13F3N2O2S/c18-17(19,20)24-11-7-5-10(6-8-11)15(23)22-16-13(9-21)12-3-1-2-4-14(12)25-16/h5-8H,1-4H2,(H,22,23). The molecule has 0 atom stereocenters. The molecule has 4 nitrogen and oxygen atoms in total. The van der Waals surface area contributed by atoms with E-state index in [0.717, 1.165) is 48.3 Å². The first kappa shape index (κ1) is 17.3. The summed E-state index contributed by atoms with van der Waals surface area (Å²) in [7, 11) is 0. The lowest BCUT2D eigenvalue weighted by atomic mass is 9.96. The van der Waals surface area contributed by atoms with E-state index >= 15 is 0 Å². The number of hydrogen-bond acceptors (Lipinski definition) is 4. The van der Waals surface area contributed by atoms with E-state index in [2.05, 4.69) is 16.1 Å². The SMILES string of the molecule is N#Cc1c(NC(=O)c2ccc(OC(F)(F)F)cc2)sc2c1CCCC2. The van der Waals surface area contributed by atoms with Crippen LogP contribution in [0.4, 0.5) is 18.2 Å². The van der Waals surface area contributed by atoms with E-state index < -0.39 is 18.0 Å². The molecule has 1 aromatic carbocycles. The first-order chi connectivity index (χ1) is 11.9. The summed E-state index contributed by atoms with van der Waals surface area (Å²) in [4.78, 5) is 13.4. The van der Waals surface area contributed by atoms with Crippen molar-refractivity contribution >= 4 is 22.2 Å². The summed E-state index contributed by atoms with van der Waals surface area (Å²) in [6.07, 6.45) is -0.970. The summed E-state index contributed by atoms with van der Waals surface area (Å²) in [5.74, 6) is -0.873. The van der Waals surface area contributed by atoms with Gasteiger partial charge in [-0.1, -0.05) is 0 Å². The third kappa shape index (κ3) is 3.94. The Morgan fingerprint density at radius 2 is 1.88 bits per heavy atom. The van der Waals surface area contributed by atoms with Crippen molar-refractivity contribution in [2.75, 3.05) is 5.32 Å². The number of nitriles is 1. The number of fused-ring (bicyclic) bond motifs is 1. The Morgan fingerprint density at radius 3 is 2.52 bits per heavy atom. The van der Waals surface area contributed by atoms with Gasteiger partial charge in [-0.15, -0.1) is 24.5 Å². The van der Waals surface area contributed by atoms with Crippen molar-refractivity contribution < 1.29 is 22.7 Å². The average molecular weight is 366 g/mol. The van der Waals surface area contributed by atoms with Gasteiger partial charge in [0.15, 0.2) is 0 Å². The zero-order chi connectivity index (χ0) is 18.0. The molecule has 1 aromatic heterocycles. The Hall–Kier alpha value is -2.53. The van der Waals surface area contributed by atoms with Crippen LogP contribution in [0.2, 0.25) is 0 Å². The zero-order valence-electron chi connectivity index (χ0n) is 12.9. The number of benzene rings is 1. The molecular weight excluding hydrogens is 353 g/mol. The van der Waals surface area contributed by atoms with Crippen LogP contribution in [0.1, 0.15) is 39.2 Å². The number of carbonyl (C=O) groups excluding carboxylic acids is 1. The average Bonchev–Trinajstić information content (AvgIpc) is 2.90. The lowest BCUT2D eigenvalue weighted by Gasteiger charge is -2.09. The number of thiophene rings is 1. The van der Waals surface area contributed by atoms with Gasteiger partial charge < -0.3 is 10.1 Å². The maximum Gasteiger partial charge on any atom is 0.573 e. The fourth-order valence-electron chi connectivity index (χ4n) is 2.76. The highest BCUT2D eigenvalue weighted by Gasteiger charge is 2.31. The van der Waals surface area contributed by atoms with E-state index in [1.54, 1.807) is 0 Å². The molecule has 1 N–H and O–H groups in total. The molecule has 130 valence electrons. The number of aryl methyl sites for hydroxylation is 1. The molecular formula is C17H13F3N2O2S. The van der Waals surface area contributed by atoms with Gasteiger partial charge in [0.25, 0.3) is 5.91 Å². The van der Waals surface area contributed by atoms with Crippen LogP contribution in [-0.4, -0.2) is 12.3 Å². The molecule has 0 unspecified atom stereocenters. The fourth-order valence-corrected chi connectivity index (χ4v) is 3.99. The minimum Gasteiger partial charge on any atom is -0.406 e. The van der Waals surface area contributed by atoms with Gasteiger partial charge in [0.1, 0.15) is 16.8 Å². The highest BCUT2D eigenvalue weighted by atomic mass is 32.1. The molecule has 1 heterocycles. The second-order valence-electron chi connectivity index (χ2n) is 5.55. The van der Waals surface area contributed by atoms with E-state index in [1.807, 2.05) is 0 Å². The normalized spacial score (nSPS) is 13.7. The first-order valence-corrected chi connectivity index (χ1v) is 8.41. The summed E-state index contributed by atoms with van der Waals surface area (Å²) in [6, 6.07) is 6.79. The Kier molecular flexibility index (Phi) is 4.68. The molecule has 0 radical (unpaired) electrons. The lowest BCUT2D eigenvalue weighted by molar-refractivity contribution is -0.274. The number of alkyl halides is 3. The summed E-state index contributed by atoms with van der Waals surface area (Å²) >= 11 is 1.39. The second kappa shape index (κ2) is 6.76. The molecule has 2 aromatic rings. The highest BCUT2D eigenvalue weighted by Crippen LogP contribution is 2.37. The molecule has 3 rings (SSSR count). The van der Waals surface area contributed by atoms with Crippen molar-refractivity contribution in [3.05, 3.63) is 45.8 Å². The molecule has 1 amide bonds. The minimum atomic E-state index is -4.78. The molecule has 1 aliphatic carbocycles. The van der Waals surface area contributed by atoms with Gasteiger partial charge in [-0.05, 0) is 55.5 Å². The molecule has 0 spiro atoms. The summed E-state index contributed by atoms with van der Waals surface area (Å²) in [5.41, 5.74) is 1.68. The predicted molar refractivity (Wildman–Crippen MR) is 86.8 cm³/mol. The maximum atomic E-state index is 12.3. The maximum absolute atomic E-state index is 12.3. The van der Waals surface area contributed by atoms with Crippen molar-refractivity contribution in [3.8, 4) is 11.8 Å². The molecule has 25 heavy (non-hydrogen) atoms. The number of rotatable bonds is 3. The van der Waals surface area contributed by atoms with Crippen LogP contribution in [0.25, 0.3) is 0 Å². The second-order valence-corrected chi connectivity index (χ2v) is 6.66. The van der Waals surface area contributed by atoms with Crippen LogP contribution < -0.4 is 10.1 Å². The monoisotopic (exact) mass is 366 g/mol. The van der Waals surface area contributed by atoms with Crippen molar-refractivity contribution in [2.45, 2.75) is 32.0 Å². The Bertz CT molecular complexity index is 835. The van der Waals surface area contributed by atoms with Gasteiger partial charge in [0.05, 0.1) is 5.56 Å². The minimum absolute atomic E-state index is 0.185. The van der Waals surface area contributed by atoms with E-state index in [1.165, 1.54) is 23.5 Å². The topological polar surface area (TPSA) is 62.1 Å². The first-order valence-electron chi connectivity index (χ1n) is 7.59. The van der Waals surface area contributed by atoms with Gasteiger partial charge >= 0.3 is 6.36 Å². The van der Waals surface area contributed by atoms with Crippen molar-refractivity contribution in [1.29, 1.82) is 5.26 Å². The molecule has 0 bridgehead atoms. The van der Waals surface area contributed by atoms with E-state index in [-0.39, 0.29) is 5.56 Å².